The van der Waals surface area contributed by atoms with Crippen LogP contribution < -0.4 is 16.4 Å². The summed E-state index contributed by atoms with van der Waals surface area (Å²) in [6, 6.07) is 6.80. The number of hydrogen-bond acceptors (Lipinski definition) is 4. The molecule has 0 aliphatic carbocycles. The molecule has 6 nitrogen and oxygen atoms in total. The van der Waals surface area contributed by atoms with E-state index in [9.17, 15) is 9.59 Å². The quantitative estimate of drug-likeness (QED) is 0.690. The zero-order valence-electron chi connectivity index (χ0n) is 12.2. The van der Waals surface area contributed by atoms with Crippen LogP contribution in [0.2, 0.25) is 0 Å². The summed E-state index contributed by atoms with van der Waals surface area (Å²) in [7, 11) is 1.46. The van der Waals surface area contributed by atoms with Crippen molar-refractivity contribution in [2.75, 3.05) is 25.6 Å². The Hall–Kier alpha value is -1.63. The number of anilines is 1. The van der Waals surface area contributed by atoms with Crippen LogP contribution in [0.5, 0.6) is 0 Å². The SMILES string of the molecule is CCc1cccc(NC(=O)CNC(=O)C(N)COC)c1.Cl. The molecule has 21 heavy (non-hydrogen) atoms. The molecule has 0 aromatic heterocycles. The maximum absolute atomic E-state index is 11.7. The summed E-state index contributed by atoms with van der Waals surface area (Å²) in [4.78, 5) is 23.2. The van der Waals surface area contributed by atoms with Crippen LogP contribution in [0.1, 0.15) is 12.5 Å². The lowest BCUT2D eigenvalue weighted by Crippen LogP contribution is -2.45. The summed E-state index contributed by atoms with van der Waals surface area (Å²) in [5.74, 6) is -0.708. The third kappa shape index (κ3) is 7.08. The predicted octanol–water partition coefficient (Wildman–Crippen LogP) is 0.699. The molecule has 7 heteroatoms. The first kappa shape index (κ1) is 19.4. The fourth-order valence-electron chi connectivity index (χ4n) is 1.63. The second kappa shape index (κ2) is 10.1. The van der Waals surface area contributed by atoms with Crippen molar-refractivity contribution in [2.45, 2.75) is 19.4 Å². The van der Waals surface area contributed by atoms with Crippen LogP contribution >= 0.6 is 12.4 Å². The average Bonchev–Trinajstić information content (AvgIpc) is 2.45. The van der Waals surface area contributed by atoms with Gasteiger partial charge in [-0.15, -0.1) is 12.4 Å². The Morgan fingerprint density at radius 1 is 1.38 bits per heavy atom. The third-order valence-corrected chi connectivity index (χ3v) is 2.73. The molecule has 0 spiro atoms. The van der Waals surface area contributed by atoms with Crippen LogP contribution in [0.25, 0.3) is 0 Å². The Labute approximate surface area is 130 Å². The van der Waals surface area contributed by atoms with E-state index >= 15 is 0 Å². The Bertz CT molecular complexity index is 469. The van der Waals surface area contributed by atoms with Crippen LogP contribution in [0, 0.1) is 0 Å². The van der Waals surface area contributed by atoms with Crippen molar-refractivity contribution in [3.63, 3.8) is 0 Å². The van der Waals surface area contributed by atoms with Gasteiger partial charge in [0, 0.05) is 12.8 Å². The summed E-state index contributed by atoms with van der Waals surface area (Å²) in [5, 5.41) is 5.18. The smallest absolute Gasteiger partial charge is 0.243 e. The normalized spacial score (nSPS) is 11.2. The van der Waals surface area contributed by atoms with E-state index in [1.165, 1.54) is 7.11 Å². The predicted molar refractivity (Wildman–Crippen MR) is 84.6 cm³/mol. The number of nitrogens with one attached hydrogen (secondary N) is 2. The Morgan fingerprint density at radius 3 is 2.71 bits per heavy atom. The first-order valence-corrected chi connectivity index (χ1v) is 6.47. The number of aryl methyl sites for hydroxylation is 1. The van der Waals surface area contributed by atoms with Gasteiger partial charge in [-0.1, -0.05) is 19.1 Å². The van der Waals surface area contributed by atoms with E-state index in [4.69, 9.17) is 10.5 Å². The van der Waals surface area contributed by atoms with E-state index in [1.54, 1.807) is 6.07 Å². The van der Waals surface area contributed by atoms with Gasteiger partial charge in [0.1, 0.15) is 6.04 Å². The van der Waals surface area contributed by atoms with Crippen molar-refractivity contribution in [2.24, 2.45) is 5.73 Å². The number of ether oxygens (including phenoxy) is 1. The van der Waals surface area contributed by atoms with E-state index in [-0.39, 0.29) is 31.5 Å². The van der Waals surface area contributed by atoms with Gasteiger partial charge in [-0.25, -0.2) is 0 Å². The van der Waals surface area contributed by atoms with Crippen LogP contribution in [0.3, 0.4) is 0 Å². The van der Waals surface area contributed by atoms with Gasteiger partial charge in [0.2, 0.25) is 11.8 Å². The summed E-state index contributed by atoms with van der Waals surface area (Å²) < 4.78 is 4.77. The summed E-state index contributed by atoms with van der Waals surface area (Å²) >= 11 is 0. The highest BCUT2D eigenvalue weighted by Crippen LogP contribution is 2.10. The maximum atomic E-state index is 11.7. The third-order valence-electron chi connectivity index (χ3n) is 2.73. The second-order valence-corrected chi connectivity index (χ2v) is 4.38. The summed E-state index contributed by atoms with van der Waals surface area (Å²) in [6.07, 6.45) is 0.895. The van der Waals surface area contributed by atoms with Gasteiger partial charge >= 0.3 is 0 Å². The molecule has 0 fully saturated rings. The maximum Gasteiger partial charge on any atom is 0.243 e. The molecule has 118 valence electrons. The summed E-state index contributed by atoms with van der Waals surface area (Å²) in [6.45, 7) is 2.04. The lowest BCUT2D eigenvalue weighted by atomic mass is 10.1. The Morgan fingerprint density at radius 2 is 2.10 bits per heavy atom. The van der Waals surface area contributed by atoms with Crippen molar-refractivity contribution in [3.05, 3.63) is 29.8 Å². The van der Waals surface area contributed by atoms with Crippen LogP contribution in [0.15, 0.2) is 24.3 Å². The second-order valence-electron chi connectivity index (χ2n) is 4.38. The monoisotopic (exact) mass is 315 g/mol. The van der Waals surface area contributed by atoms with E-state index in [1.807, 2.05) is 25.1 Å². The molecule has 1 aromatic carbocycles. The largest absolute Gasteiger partial charge is 0.383 e. The molecular formula is C14H22ClN3O3. The number of hydrogen-bond donors (Lipinski definition) is 3. The minimum absolute atomic E-state index is 0. The van der Waals surface area contributed by atoms with Crippen molar-refractivity contribution in [1.29, 1.82) is 0 Å². The van der Waals surface area contributed by atoms with Crippen molar-refractivity contribution in [3.8, 4) is 0 Å². The topological polar surface area (TPSA) is 93.5 Å². The Balaban J connectivity index is 0.00000400. The molecule has 1 unspecified atom stereocenters. The fourth-order valence-corrected chi connectivity index (χ4v) is 1.63. The molecule has 0 bridgehead atoms. The van der Waals surface area contributed by atoms with Crippen molar-refractivity contribution in [1.82, 2.24) is 5.32 Å². The molecule has 0 radical (unpaired) electrons. The molecule has 1 rings (SSSR count). The van der Waals surface area contributed by atoms with Crippen LogP contribution in [0.4, 0.5) is 5.69 Å². The average molecular weight is 316 g/mol. The van der Waals surface area contributed by atoms with Gasteiger partial charge in [0.25, 0.3) is 0 Å². The van der Waals surface area contributed by atoms with E-state index in [0.29, 0.717) is 5.69 Å². The highest BCUT2D eigenvalue weighted by atomic mass is 35.5. The Kier molecular flexibility index (Phi) is 9.36. The first-order chi connectivity index (χ1) is 9.56. The molecular weight excluding hydrogens is 294 g/mol. The number of carbonyl (C=O) groups excluding carboxylic acids is 2. The van der Waals surface area contributed by atoms with E-state index in [0.717, 1.165) is 12.0 Å². The molecule has 0 aliphatic heterocycles. The zero-order chi connectivity index (χ0) is 15.0. The summed E-state index contributed by atoms with van der Waals surface area (Å²) in [5.41, 5.74) is 7.38. The van der Waals surface area contributed by atoms with Crippen LogP contribution in [-0.4, -0.2) is 38.1 Å². The minimum atomic E-state index is -0.767. The molecule has 2 amide bonds. The van der Waals surface area contributed by atoms with Gasteiger partial charge in [-0.2, -0.15) is 0 Å². The van der Waals surface area contributed by atoms with Crippen molar-refractivity contribution < 1.29 is 14.3 Å². The number of amides is 2. The highest BCUT2D eigenvalue weighted by molar-refractivity contribution is 5.95. The van der Waals surface area contributed by atoms with Crippen LogP contribution in [-0.2, 0) is 20.7 Å². The lowest BCUT2D eigenvalue weighted by Gasteiger charge is -2.11. The fraction of sp³-hybridized carbons (Fsp3) is 0.429. The number of rotatable bonds is 7. The van der Waals surface area contributed by atoms with E-state index < -0.39 is 11.9 Å². The zero-order valence-corrected chi connectivity index (χ0v) is 13.0. The van der Waals surface area contributed by atoms with Gasteiger partial charge in [-0.3, -0.25) is 9.59 Å². The minimum Gasteiger partial charge on any atom is -0.383 e. The molecule has 0 saturated heterocycles. The lowest BCUT2D eigenvalue weighted by molar-refractivity contribution is -0.126. The number of methoxy groups -OCH3 is 1. The van der Waals surface area contributed by atoms with Gasteiger partial charge < -0.3 is 21.1 Å². The number of nitrogens with two attached hydrogens (primary N) is 1. The van der Waals surface area contributed by atoms with Gasteiger partial charge in [0.05, 0.1) is 13.2 Å². The molecule has 1 atom stereocenters. The standard InChI is InChI=1S/C14H21N3O3.ClH/c1-3-10-5-4-6-11(7-10)17-13(18)8-16-14(19)12(15)9-20-2;/h4-7,12H,3,8-9,15H2,1-2H3,(H,16,19)(H,17,18);1H. The number of carbonyl (C=O) groups is 2. The van der Waals surface area contributed by atoms with Gasteiger partial charge in [0.15, 0.2) is 0 Å². The number of halogens is 1. The number of benzene rings is 1. The van der Waals surface area contributed by atoms with E-state index in [2.05, 4.69) is 10.6 Å². The first-order valence-electron chi connectivity index (χ1n) is 6.47. The molecule has 0 saturated carbocycles. The molecule has 0 heterocycles. The molecule has 0 aliphatic rings. The highest BCUT2D eigenvalue weighted by Gasteiger charge is 2.13. The molecule has 4 N–H and O–H groups in total. The van der Waals surface area contributed by atoms with Gasteiger partial charge in [-0.05, 0) is 24.1 Å². The molecule has 1 aromatic rings. The van der Waals surface area contributed by atoms with Crippen molar-refractivity contribution >= 4 is 29.9 Å².